The summed E-state index contributed by atoms with van der Waals surface area (Å²) in [6, 6.07) is 11.7. The molecule has 4 N–H and O–H groups in total. The minimum atomic E-state index is 0.608. The first-order valence-corrected chi connectivity index (χ1v) is 5.85. The number of anilines is 3. The summed E-state index contributed by atoms with van der Waals surface area (Å²) in [7, 11) is 2.01. The van der Waals surface area contributed by atoms with Gasteiger partial charge in [-0.05, 0) is 37.3 Å². The molecule has 0 aliphatic rings. The third-order valence-corrected chi connectivity index (χ3v) is 2.86. The SMILES string of the molecule is Cc1cccc(CN(C)c2ccc(N)c(N)c2)n1. The number of hydrogen-bond donors (Lipinski definition) is 2. The molecule has 0 aliphatic carbocycles. The molecule has 0 fully saturated rings. The molecule has 1 aromatic heterocycles. The van der Waals surface area contributed by atoms with Crippen molar-refractivity contribution in [2.45, 2.75) is 13.5 Å². The normalized spacial score (nSPS) is 10.3. The van der Waals surface area contributed by atoms with Crippen molar-refractivity contribution in [1.29, 1.82) is 0 Å². The quantitative estimate of drug-likeness (QED) is 0.810. The summed E-state index contributed by atoms with van der Waals surface area (Å²) >= 11 is 0. The Balaban J connectivity index is 2.16. The second kappa shape index (κ2) is 4.96. The van der Waals surface area contributed by atoms with Gasteiger partial charge in [-0.1, -0.05) is 6.07 Å². The maximum absolute atomic E-state index is 5.81. The van der Waals surface area contributed by atoms with E-state index in [1.807, 2.05) is 50.4 Å². The molecule has 0 atom stereocenters. The van der Waals surface area contributed by atoms with Gasteiger partial charge in [-0.25, -0.2) is 0 Å². The van der Waals surface area contributed by atoms with Crippen molar-refractivity contribution in [2.75, 3.05) is 23.4 Å². The van der Waals surface area contributed by atoms with E-state index in [1.54, 1.807) is 0 Å². The van der Waals surface area contributed by atoms with Crippen LogP contribution in [0.15, 0.2) is 36.4 Å². The minimum absolute atomic E-state index is 0.608. The van der Waals surface area contributed by atoms with Crippen LogP contribution in [0.25, 0.3) is 0 Å². The van der Waals surface area contributed by atoms with Gasteiger partial charge >= 0.3 is 0 Å². The van der Waals surface area contributed by atoms with Gasteiger partial charge in [0.2, 0.25) is 0 Å². The number of nitrogens with zero attached hydrogens (tertiary/aromatic N) is 2. The summed E-state index contributed by atoms with van der Waals surface area (Å²) in [6.07, 6.45) is 0. The van der Waals surface area contributed by atoms with E-state index in [4.69, 9.17) is 11.5 Å². The van der Waals surface area contributed by atoms with Gasteiger partial charge < -0.3 is 16.4 Å². The predicted octanol–water partition coefficient (Wildman–Crippen LogP) is 2.19. The molecular formula is C14H18N4. The van der Waals surface area contributed by atoms with Crippen LogP contribution in [0.4, 0.5) is 17.1 Å². The molecule has 94 valence electrons. The fourth-order valence-corrected chi connectivity index (χ4v) is 1.82. The second-order valence-electron chi connectivity index (χ2n) is 4.44. The van der Waals surface area contributed by atoms with E-state index < -0.39 is 0 Å². The molecule has 0 bridgehead atoms. The Morgan fingerprint density at radius 1 is 1.11 bits per heavy atom. The zero-order valence-electron chi connectivity index (χ0n) is 10.7. The Morgan fingerprint density at radius 3 is 2.56 bits per heavy atom. The number of pyridine rings is 1. The lowest BCUT2D eigenvalue weighted by Crippen LogP contribution is -2.17. The van der Waals surface area contributed by atoms with Crippen LogP contribution in [-0.2, 0) is 6.54 Å². The number of nitrogens with two attached hydrogens (primary N) is 2. The Bertz CT molecular complexity index is 551. The Labute approximate surface area is 107 Å². The van der Waals surface area contributed by atoms with E-state index >= 15 is 0 Å². The monoisotopic (exact) mass is 242 g/mol. The van der Waals surface area contributed by atoms with Crippen LogP contribution in [0, 0.1) is 6.92 Å². The van der Waals surface area contributed by atoms with Crippen molar-refractivity contribution in [2.24, 2.45) is 0 Å². The lowest BCUT2D eigenvalue weighted by molar-refractivity contribution is 0.877. The summed E-state index contributed by atoms with van der Waals surface area (Å²) in [5, 5.41) is 0. The average Bonchev–Trinajstić information content (AvgIpc) is 2.32. The molecule has 1 aromatic carbocycles. The van der Waals surface area contributed by atoms with Crippen LogP contribution in [0.2, 0.25) is 0 Å². The smallest absolute Gasteiger partial charge is 0.0600 e. The summed E-state index contributed by atoms with van der Waals surface area (Å²) in [4.78, 5) is 6.58. The van der Waals surface area contributed by atoms with Gasteiger partial charge in [0.1, 0.15) is 0 Å². The molecule has 4 heteroatoms. The molecule has 0 amide bonds. The van der Waals surface area contributed by atoms with Crippen molar-refractivity contribution in [3.8, 4) is 0 Å². The van der Waals surface area contributed by atoms with E-state index in [1.165, 1.54) is 0 Å². The van der Waals surface area contributed by atoms with Crippen LogP contribution in [0.3, 0.4) is 0 Å². The molecule has 0 aliphatic heterocycles. The number of hydrogen-bond acceptors (Lipinski definition) is 4. The van der Waals surface area contributed by atoms with Crippen molar-refractivity contribution in [1.82, 2.24) is 4.98 Å². The number of rotatable bonds is 3. The zero-order chi connectivity index (χ0) is 13.1. The summed E-state index contributed by atoms with van der Waals surface area (Å²) in [6.45, 7) is 2.73. The van der Waals surface area contributed by atoms with Gasteiger partial charge in [0, 0.05) is 18.4 Å². The molecule has 1 heterocycles. The molecule has 18 heavy (non-hydrogen) atoms. The summed E-state index contributed by atoms with van der Waals surface area (Å²) in [5.41, 5.74) is 15.8. The van der Waals surface area contributed by atoms with Gasteiger partial charge in [0.25, 0.3) is 0 Å². The number of benzene rings is 1. The van der Waals surface area contributed by atoms with Gasteiger partial charge in [-0.15, -0.1) is 0 Å². The lowest BCUT2D eigenvalue weighted by atomic mass is 10.2. The molecule has 0 saturated heterocycles. The molecule has 2 aromatic rings. The van der Waals surface area contributed by atoms with Crippen LogP contribution >= 0.6 is 0 Å². The second-order valence-corrected chi connectivity index (χ2v) is 4.44. The highest BCUT2D eigenvalue weighted by molar-refractivity contribution is 5.69. The van der Waals surface area contributed by atoms with Crippen molar-refractivity contribution >= 4 is 17.1 Å². The Hall–Kier alpha value is -2.23. The first-order chi connectivity index (χ1) is 8.56. The summed E-state index contributed by atoms with van der Waals surface area (Å²) in [5.74, 6) is 0. The van der Waals surface area contributed by atoms with E-state index in [0.717, 1.165) is 23.6 Å². The van der Waals surface area contributed by atoms with Crippen LogP contribution in [0.1, 0.15) is 11.4 Å². The predicted molar refractivity (Wildman–Crippen MR) is 76.3 cm³/mol. The van der Waals surface area contributed by atoms with Gasteiger partial charge in [-0.3, -0.25) is 4.98 Å². The fraction of sp³-hybridized carbons (Fsp3) is 0.214. The highest BCUT2D eigenvalue weighted by atomic mass is 15.1. The Morgan fingerprint density at radius 2 is 1.89 bits per heavy atom. The Kier molecular flexibility index (Phi) is 3.37. The fourth-order valence-electron chi connectivity index (χ4n) is 1.82. The standard InChI is InChI=1S/C14H18N4/c1-10-4-3-5-11(17-10)9-18(2)12-6-7-13(15)14(16)8-12/h3-8H,9,15-16H2,1-2H3. The minimum Gasteiger partial charge on any atom is -0.397 e. The molecule has 0 saturated carbocycles. The van der Waals surface area contributed by atoms with Crippen molar-refractivity contribution in [3.63, 3.8) is 0 Å². The van der Waals surface area contributed by atoms with Gasteiger partial charge in [0.05, 0.1) is 23.6 Å². The molecule has 4 nitrogen and oxygen atoms in total. The van der Waals surface area contributed by atoms with Crippen molar-refractivity contribution in [3.05, 3.63) is 47.8 Å². The third kappa shape index (κ3) is 2.71. The number of nitrogen functional groups attached to an aromatic ring is 2. The maximum Gasteiger partial charge on any atom is 0.0600 e. The van der Waals surface area contributed by atoms with Gasteiger partial charge in [-0.2, -0.15) is 0 Å². The van der Waals surface area contributed by atoms with Crippen LogP contribution in [-0.4, -0.2) is 12.0 Å². The highest BCUT2D eigenvalue weighted by Crippen LogP contribution is 2.23. The van der Waals surface area contributed by atoms with E-state index in [-0.39, 0.29) is 0 Å². The van der Waals surface area contributed by atoms with Crippen molar-refractivity contribution < 1.29 is 0 Å². The topological polar surface area (TPSA) is 68.2 Å². The van der Waals surface area contributed by atoms with Crippen LogP contribution < -0.4 is 16.4 Å². The van der Waals surface area contributed by atoms with Crippen LogP contribution in [0.5, 0.6) is 0 Å². The molecular weight excluding hydrogens is 224 g/mol. The van der Waals surface area contributed by atoms with E-state index in [2.05, 4.69) is 9.88 Å². The van der Waals surface area contributed by atoms with Gasteiger partial charge in [0.15, 0.2) is 0 Å². The molecule has 0 radical (unpaired) electrons. The first-order valence-electron chi connectivity index (χ1n) is 5.85. The van der Waals surface area contributed by atoms with E-state index in [9.17, 15) is 0 Å². The maximum atomic E-state index is 5.81. The van der Waals surface area contributed by atoms with E-state index in [0.29, 0.717) is 11.4 Å². The molecule has 0 unspecified atom stereocenters. The third-order valence-electron chi connectivity index (χ3n) is 2.86. The molecule has 2 rings (SSSR count). The lowest BCUT2D eigenvalue weighted by Gasteiger charge is -2.19. The number of aromatic nitrogens is 1. The summed E-state index contributed by atoms with van der Waals surface area (Å²) < 4.78 is 0. The first kappa shape index (κ1) is 12.2. The number of aryl methyl sites for hydroxylation is 1. The average molecular weight is 242 g/mol. The highest BCUT2D eigenvalue weighted by Gasteiger charge is 2.05. The molecule has 0 spiro atoms. The largest absolute Gasteiger partial charge is 0.397 e. The zero-order valence-corrected chi connectivity index (χ0v) is 10.7.